The first-order chi connectivity index (χ1) is 18.7. The Bertz CT molecular complexity index is 1560. The molecule has 1 aliphatic rings. The summed E-state index contributed by atoms with van der Waals surface area (Å²) < 4.78 is 99.4. The van der Waals surface area contributed by atoms with Gasteiger partial charge in [-0.1, -0.05) is 5.92 Å². The molecule has 2 atom stereocenters. The highest BCUT2D eigenvalue weighted by atomic mass is 32.2. The average molecular weight is 585 g/mol. The number of likely N-dealkylation sites (tertiary alicyclic amines) is 1. The van der Waals surface area contributed by atoms with Crippen LogP contribution in [0.3, 0.4) is 0 Å². The lowest BCUT2D eigenvalue weighted by Gasteiger charge is -2.33. The van der Waals surface area contributed by atoms with Crippen molar-refractivity contribution >= 4 is 32.1 Å². The fraction of sp³-hybridized carbons (Fsp3) is 0.407. The third kappa shape index (κ3) is 6.98. The van der Waals surface area contributed by atoms with E-state index >= 15 is 0 Å². The van der Waals surface area contributed by atoms with Gasteiger partial charge in [0.15, 0.2) is 9.84 Å². The van der Waals surface area contributed by atoms with Crippen molar-refractivity contribution in [2.45, 2.75) is 36.3 Å². The van der Waals surface area contributed by atoms with Gasteiger partial charge in [0.25, 0.3) is 0 Å². The summed E-state index contributed by atoms with van der Waals surface area (Å²) >= 11 is 0. The predicted octanol–water partition coefficient (Wildman–Crippen LogP) is 4.67. The zero-order chi connectivity index (χ0) is 29.2. The topological polar surface area (TPSA) is 75.6 Å². The first kappa shape index (κ1) is 29.5. The summed E-state index contributed by atoms with van der Waals surface area (Å²) in [5.74, 6) is 4.97. The van der Waals surface area contributed by atoms with Crippen molar-refractivity contribution in [2.24, 2.45) is 0 Å². The summed E-state index contributed by atoms with van der Waals surface area (Å²) in [6.07, 6.45) is -4.32. The van der Waals surface area contributed by atoms with E-state index in [4.69, 9.17) is 4.74 Å². The summed E-state index contributed by atoms with van der Waals surface area (Å²) in [5.41, 5.74) is 0.623. The van der Waals surface area contributed by atoms with E-state index in [1.165, 1.54) is 31.4 Å². The number of ether oxygens (including phenoxy) is 1. The quantitative estimate of drug-likeness (QED) is 0.311. The highest BCUT2D eigenvalue weighted by Crippen LogP contribution is 2.33. The fourth-order valence-electron chi connectivity index (χ4n) is 4.64. The third-order valence-electron chi connectivity index (χ3n) is 6.59. The first-order valence-electron chi connectivity index (χ1n) is 12.3. The maximum absolute atomic E-state index is 14.7. The molecule has 0 spiro atoms. The smallest absolute Gasteiger partial charge is 0.406 e. The minimum absolute atomic E-state index is 0.00217. The van der Waals surface area contributed by atoms with E-state index in [9.17, 15) is 30.4 Å². The van der Waals surface area contributed by atoms with Gasteiger partial charge in [0.1, 0.15) is 24.3 Å². The Morgan fingerprint density at radius 3 is 2.55 bits per heavy atom. The molecule has 2 heterocycles. The molecule has 1 saturated heterocycles. The highest BCUT2D eigenvalue weighted by molar-refractivity contribution is 7.90. The molecule has 0 bridgehead atoms. The van der Waals surface area contributed by atoms with Gasteiger partial charge in [-0.05, 0) is 49.7 Å². The second-order valence-electron chi connectivity index (χ2n) is 9.72. The SMILES string of the molecule is COc1cc(S(C)(=O)=O)ccc1NCC#Cc1cc2c(N[C@H]3CCN(C)C[C@H]3F)cc(F)cc2n1CC(F)(F)F. The van der Waals surface area contributed by atoms with E-state index < -0.39 is 40.6 Å². The van der Waals surface area contributed by atoms with Gasteiger partial charge in [-0.25, -0.2) is 17.2 Å². The Hall–Kier alpha value is -3.50. The molecule has 0 unspecified atom stereocenters. The van der Waals surface area contributed by atoms with Gasteiger partial charge in [-0.2, -0.15) is 13.2 Å². The van der Waals surface area contributed by atoms with Crippen molar-refractivity contribution < 1.29 is 35.1 Å². The summed E-state index contributed by atoms with van der Waals surface area (Å²) in [4.78, 5) is 1.90. The second-order valence-corrected chi connectivity index (χ2v) is 11.7. The maximum Gasteiger partial charge on any atom is 0.406 e. The molecule has 2 aromatic carbocycles. The van der Waals surface area contributed by atoms with Crippen LogP contribution in [0, 0.1) is 17.7 Å². The average Bonchev–Trinajstić information content (AvgIpc) is 3.18. The number of rotatable bonds is 7. The summed E-state index contributed by atoms with van der Waals surface area (Å²) in [5, 5.41) is 6.25. The van der Waals surface area contributed by atoms with Crippen molar-refractivity contribution in [1.82, 2.24) is 9.47 Å². The zero-order valence-corrected chi connectivity index (χ0v) is 22.9. The first-order valence-corrected chi connectivity index (χ1v) is 14.2. The molecule has 0 amide bonds. The van der Waals surface area contributed by atoms with Crippen LogP contribution in [0.2, 0.25) is 0 Å². The molecule has 0 aliphatic carbocycles. The molecular formula is C27H29F5N4O3S. The van der Waals surface area contributed by atoms with E-state index in [0.717, 1.165) is 23.0 Å². The highest BCUT2D eigenvalue weighted by Gasteiger charge is 2.31. The van der Waals surface area contributed by atoms with Crippen molar-refractivity contribution in [1.29, 1.82) is 0 Å². The molecule has 0 saturated carbocycles. The van der Waals surface area contributed by atoms with Crippen LogP contribution in [-0.2, 0) is 16.4 Å². The molecule has 3 aromatic rings. The monoisotopic (exact) mass is 584 g/mol. The Balaban J connectivity index is 1.64. The predicted molar refractivity (Wildman–Crippen MR) is 144 cm³/mol. The number of hydrogen-bond donors (Lipinski definition) is 2. The third-order valence-corrected chi connectivity index (χ3v) is 7.70. The fourth-order valence-corrected chi connectivity index (χ4v) is 5.27. The van der Waals surface area contributed by atoms with Gasteiger partial charge >= 0.3 is 6.18 Å². The van der Waals surface area contributed by atoms with Gasteiger partial charge in [-0.15, -0.1) is 0 Å². The summed E-state index contributed by atoms with van der Waals surface area (Å²) in [7, 11) is -0.290. The second kappa shape index (κ2) is 11.5. The molecule has 40 heavy (non-hydrogen) atoms. The Kier molecular flexibility index (Phi) is 8.51. The van der Waals surface area contributed by atoms with Gasteiger partial charge in [-0.3, -0.25) is 0 Å². The maximum atomic E-state index is 14.7. The molecule has 2 N–H and O–H groups in total. The van der Waals surface area contributed by atoms with Crippen LogP contribution >= 0.6 is 0 Å². The van der Waals surface area contributed by atoms with E-state index in [1.54, 1.807) is 7.05 Å². The minimum Gasteiger partial charge on any atom is -0.495 e. The molecule has 1 aromatic heterocycles. The lowest BCUT2D eigenvalue weighted by molar-refractivity contribution is -0.140. The van der Waals surface area contributed by atoms with Crippen LogP contribution in [0.25, 0.3) is 10.9 Å². The standard InChI is InChI=1S/C27H29F5N4O3S/c1-35-10-8-22(21(29)15-35)34-24-11-17(28)12-25-20(24)13-18(36(25)16-27(30,31)32)5-4-9-33-23-7-6-19(40(3,37)38)14-26(23)39-2/h6-7,11-14,21-22,33-34H,8-10,15-16H2,1-3H3/t21-,22+/m1/s1. The molecule has 4 rings (SSSR count). The van der Waals surface area contributed by atoms with Crippen LogP contribution in [0.4, 0.5) is 33.3 Å². The largest absolute Gasteiger partial charge is 0.495 e. The van der Waals surface area contributed by atoms with E-state index in [2.05, 4.69) is 22.5 Å². The van der Waals surface area contributed by atoms with Gasteiger partial charge in [0.2, 0.25) is 0 Å². The molecular weight excluding hydrogens is 555 g/mol. The number of alkyl halides is 4. The Morgan fingerprint density at radius 2 is 1.90 bits per heavy atom. The van der Waals surface area contributed by atoms with Gasteiger partial charge < -0.3 is 24.8 Å². The summed E-state index contributed by atoms with van der Waals surface area (Å²) in [6, 6.07) is 7.21. The van der Waals surface area contributed by atoms with Crippen LogP contribution in [0.1, 0.15) is 12.1 Å². The van der Waals surface area contributed by atoms with E-state index in [0.29, 0.717) is 24.0 Å². The lowest BCUT2D eigenvalue weighted by atomic mass is 10.0. The number of piperidine rings is 1. The normalized spacial score (nSPS) is 18.3. The van der Waals surface area contributed by atoms with Gasteiger partial charge in [0, 0.05) is 36.5 Å². The van der Waals surface area contributed by atoms with E-state index in [-0.39, 0.29) is 40.6 Å². The summed E-state index contributed by atoms with van der Waals surface area (Å²) in [6.45, 7) is -0.591. The number of hydrogen-bond acceptors (Lipinski definition) is 6. The number of methoxy groups -OCH3 is 1. The van der Waals surface area contributed by atoms with Crippen LogP contribution in [0.5, 0.6) is 5.75 Å². The Labute approximate surface area is 229 Å². The molecule has 216 valence electrons. The molecule has 1 aliphatic heterocycles. The molecule has 7 nitrogen and oxygen atoms in total. The molecule has 0 radical (unpaired) electrons. The number of nitrogens with one attached hydrogen (secondary N) is 2. The molecule has 1 fully saturated rings. The van der Waals surface area contributed by atoms with E-state index in [1.807, 2.05) is 4.90 Å². The number of nitrogens with zero attached hydrogens (tertiary/aromatic N) is 2. The van der Waals surface area contributed by atoms with Crippen molar-refractivity contribution in [2.75, 3.05) is 50.7 Å². The zero-order valence-electron chi connectivity index (χ0n) is 22.1. The number of sulfone groups is 1. The van der Waals surface area contributed by atoms with Crippen molar-refractivity contribution in [3.05, 3.63) is 47.9 Å². The number of halogens is 5. The number of anilines is 2. The Morgan fingerprint density at radius 1 is 1.15 bits per heavy atom. The van der Waals surface area contributed by atoms with Gasteiger partial charge in [0.05, 0.1) is 41.5 Å². The van der Waals surface area contributed by atoms with Crippen LogP contribution in [-0.4, -0.2) is 76.3 Å². The van der Waals surface area contributed by atoms with Crippen LogP contribution < -0.4 is 15.4 Å². The number of aromatic nitrogens is 1. The molecule has 13 heteroatoms. The van der Waals surface area contributed by atoms with Crippen molar-refractivity contribution in [3.8, 4) is 17.6 Å². The van der Waals surface area contributed by atoms with Crippen LogP contribution in [0.15, 0.2) is 41.3 Å². The lowest BCUT2D eigenvalue weighted by Crippen LogP contribution is -2.46. The number of fused-ring (bicyclic) bond motifs is 1. The van der Waals surface area contributed by atoms with Crippen molar-refractivity contribution in [3.63, 3.8) is 0 Å². The minimum atomic E-state index is -4.60. The number of benzene rings is 2.